The van der Waals surface area contributed by atoms with Crippen molar-refractivity contribution in [3.63, 3.8) is 0 Å². The molecule has 0 aromatic heterocycles. The van der Waals surface area contributed by atoms with E-state index in [9.17, 15) is 23.9 Å². The van der Waals surface area contributed by atoms with Crippen molar-refractivity contribution in [2.24, 2.45) is 23.7 Å². The van der Waals surface area contributed by atoms with E-state index in [1.807, 2.05) is 0 Å². The molecular weight excluding hydrogens is 597 g/mol. The number of nitrogens with zero attached hydrogens (tertiary/aromatic N) is 1. The minimum atomic E-state index is -0.838. The summed E-state index contributed by atoms with van der Waals surface area (Å²) < 4.78 is 26.7. The molecule has 0 heterocycles. The Hall–Kier alpha value is -3.65. The van der Waals surface area contributed by atoms with Crippen LogP contribution in [0.2, 0.25) is 0 Å². The average molecular weight is 628 g/mol. The molecule has 0 spiro atoms. The summed E-state index contributed by atoms with van der Waals surface area (Å²) in [6.45, 7) is 0. The molecule has 11 heteroatoms. The highest BCUT2D eigenvalue weighted by molar-refractivity contribution is 9.10. The van der Waals surface area contributed by atoms with Crippen molar-refractivity contribution < 1.29 is 33.4 Å². The van der Waals surface area contributed by atoms with Gasteiger partial charge >= 0.3 is 5.97 Å². The van der Waals surface area contributed by atoms with Crippen LogP contribution in [0.15, 0.2) is 34.8 Å². The fourth-order valence-corrected chi connectivity index (χ4v) is 7.06. The number of aliphatic carboxylic acids is 1. The first-order valence-electron chi connectivity index (χ1n) is 13.8. The maximum absolute atomic E-state index is 14.9. The first kappa shape index (κ1) is 28.9. The quantitative estimate of drug-likeness (QED) is 0.362. The van der Waals surface area contributed by atoms with E-state index in [1.165, 1.54) is 13.2 Å². The Kier molecular flexibility index (Phi) is 8.50. The average Bonchev–Trinajstić information content (AvgIpc) is 3.56. The maximum atomic E-state index is 14.9. The second kappa shape index (κ2) is 12.1. The lowest BCUT2D eigenvalue weighted by Crippen LogP contribution is -2.48. The zero-order chi connectivity index (χ0) is 29.3. The molecule has 4 unspecified atom stereocenters. The number of fused-ring (bicyclic) bond motifs is 2. The standard InChI is InChI=1S/C30H31BrFN3O6/c1-40-24-13-23(32)25(41-20-8-5-15(6-9-20)30(38)39)12-21(24)28(36)35-27-17-3-2-16(10-17)26(27)29(37)34-19-7-4-18(14-33)22(31)11-19/h4,7,11-13,15-17,20,26-27H,2-3,5-6,8-10H2,1H3,(H,34,37)(H,35,36)(H,38,39). The number of benzene rings is 2. The fourth-order valence-electron chi connectivity index (χ4n) is 6.59. The summed E-state index contributed by atoms with van der Waals surface area (Å²) >= 11 is 3.34. The molecule has 2 amide bonds. The summed E-state index contributed by atoms with van der Waals surface area (Å²) in [5, 5.41) is 24.4. The fraction of sp³-hybridized carbons (Fsp3) is 0.467. The van der Waals surface area contributed by atoms with Gasteiger partial charge in [0.15, 0.2) is 11.6 Å². The molecule has 3 aliphatic rings. The molecule has 9 nitrogen and oxygen atoms in total. The van der Waals surface area contributed by atoms with E-state index in [-0.39, 0.29) is 40.9 Å². The number of carbonyl (C=O) groups is 3. The molecule has 2 aromatic carbocycles. The summed E-state index contributed by atoms with van der Waals surface area (Å²) in [4.78, 5) is 38.3. The van der Waals surface area contributed by atoms with E-state index in [0.29, 0.717) is 41.4 Å². The number of nitriles is 1. The molecule has 41 heavy (non-hydrogen) atoms. The van der Waals surface area contributed by atoms with Gasteiger partial charge in [0.2, 0.25) is 5.91 Å². The van der Waals surface area contributed by atoms with Crippen molar-refractivity contribution in [1.82, 2.24) is 5.32 Å². The van der Waals surface area contributed by atoms with Gasteiger partial charge in [-0.1, -0.05) is 0 Å². The van der Waals surface area contributed by atoms with Gasteiger partial charge < -0.3 is 25.2 Å². The molecule has 2 bridgehead atoms. The van der Waals surface area contributed by atoms with Crippen LogP contribution in [-0.4, -0.2) is 42.1 Å². The minimum Gasteiger partial charge on any atom is -0.496 e. The number of anilines is 1. The number of amides is 2. The number of nitrogens with one attached hydrogen (secondary N) is 2. The van der Waals surface area contributed by atoms with E-state index in [0.717, 1.165) is 25.3 Å². The number of carboxylic acid groups (broad SMARTS) is 1. The number of carboxylic acids is 1. The van der Waals surface area contributed by atoms with Gasteiger partial charge in [0.05, 0.1) is 36.2 Å². The number of carbonyl (C=O) groups excluding carboxylic acids is 2. The van der Waals surface area contributed by atoms with Gasteiger partial charge in [0.25, 0.3) is 5.91 Å². The Morgan fingerprint density at radius 3 is 2.44 bits per heavy atom. The molecule has 3 N–H and O–H groups in total. The number of methoxy groups -OCH3 is 1. The van der Waals surface area contributed by atoms with Crippen LogP contribution < -0.4 is 20.1 Å². The molecule has 3 fully saturated rings. The van der Waals surface area contributed by atoms with Gasteiger partial charge in [-0.25, -0.2) is 4.39 Å². The van der Waals surface area contributed by atoms with E-state index in [4.69, 9.17) is 14.7 Å². The number of halogens is 2. The molecule has 0 saturated heterocycles. The summed E-state index contributed by atoms with van der Waals surface area (Å²) in [6.07, 6.45) is 4.10. The zero-order valence-electron chi connectivity index (χ0n) is 22.5. The zero-order valence-corrected chi connectivity index (χ0v) is 24.1. The lowest BCUT2D eigenvalue weighted by atomic mass is 9.83. The van der Waals surface area contributed by atoms with Crippen molar-refractivity contribution in [3.05, 3.63) is 51.7 Å². The second-order valence-electron chi connectivity index (χ2n) is 11.1. The Labute approximate surface area is 245 Å². The van der Waals surface area contributed by atoms with Crippen LogP contribution >= 0.6 is 15.9 Å². The van der Waals surface area contributed by atoms with E-state index in [2.05, 4.69) is 32.6 Å². The predicted octanol–water partition coefficient (Wildman–Crippen LogP) is 5.27. The Balaban J connectivity index is 1.31. The molecule has 3 aliphatic carbocycles. The molecule has 2 aromatic rings. The Bertz CT molecular complexity index is 1400. The number of ether oxygens (including phenoxy) is 2. The van der Waals surface area contributed by atoms with Crippen LogP contribution in [-0.2, 0) is 9.59 Å². The van der Waals surface area contributed by atoms with Gasteiger partial charge in [0.1, 0.15) is 11.8 Å². The van der Waals surface area contributed by atoms with Crippen LogP contribution in [0, 0.1) is 40.8 Å². The summed E-state index contributed by atoms with van der Waals surface area (Å²) in [5.74, 6) is -2.86. The molecule has 3 saturated carbocycles. The van der Waals surface area contributed by atoms with Gasteiger partial charge in [-0.3, -0.25) is 14.4 Å². The van der Waals surface area contributed by atoms with Crippen molar-refractivity contribution in [2.75, 3.05) is 12.4 Å². The van der Waals surface area contributed by atoms with Gasteiger partial charge in [-0.05, 0) is 97.0 Å². The van der Waals surface area contributed by atoms with Crippen LogP contribution in [0.1, 0.15) is 60.9 Å². The van der Waals surface area contributed by atoms with Crippen LogP contribution in [0.3, 0.4) is 0 Å². The minimum absolute atomic E-state index is 0.0496. The summed E-state index contributed by atoms with van der Waals surface area (Å²) in [6, 6.07) is 9.06. The first-order valence-corrected chi connectivity index (χ1v) is 14.6. The number of hydrogen-bond acceptors (Lipinski definition) is 6. The Morgan fingerprint density at radius 2 is 1.78 bits per heavy atom. The molecule has 0 aliphatic heterocycles. The van der Waals surface area contributed by atoms with Crippen molar-refractivity contribution in [1.29, 1.82) is 5.26 Å². The molecule has 0 radical (unpaired) electrons. The van der Waals surface area contributed by atoms with Crippen LogP contribution in [0.4, 0.5) is 10.1 Å². The molecule has 216 valence electrons. The highest BCUT2D eigenvalue weighted by Crippen LogP contribution is 2.49. The van der Waals surface area contributed by atoms with E-state index in [1.54, 1.807) is 18.2 Å². The number of hydrogen-bond donors (Lipinski definition) is 3. The van der Waals surface area contributed by atoms with E-state index >= 15 is 0 Å². The topological polar surface area (TPSA) is 138 Å². The summed E-state index contributed by atoms with van der Waals surface area (Å²) in [7, 11) is 1.35. The second-order valence-corrected chi connectivity index (χ2v) is 11.9. The maximum Gasteiger partial charge on any atom is 0.306 e. The predicted molar refractivity (Wildman–Crippen MR) is 150 cm³/mol. The van der Waals surface area contributed by atoms with Gasteiger partial charge in [-0.2, -0.15) is 5.26 Å². The van der Waals surface area contributed by atoms with Gasteiger partial charge in [0, 0.05) is 22.3 Å². The smallest absolute Gasteiger partial charge is 0.306 e. The SMILES string of the molecule is COc1cc(F)c(OC2CCC(C(=O)O)CC2)cc1C(=O)NC1C2CCC(C2)C1C(=O)Nc1ccc(C#N)c(Br)c1. The highest BCUT2D eigenvalue weighted by atomic mass is 79.9. The van der Waals surface area contributed by atoms with Crippen LogP contribution in [0.5, 0.6) is 11.5 Å². The normalized spacial score (nSPS) is 26.6. The third kappa shape index (κ3) is 6.03. The lowest BCUT2D eigenvalue weighted by molar-refractivity contribution is -0.143. The third-order valence-electron chi connectivity index (χ3n) is 8.69. The molecule has 4 atom stereocenters. The lowest BCUT2D eigenvalue weighted by Gasteiger charge is -2.31. The van der Waals surface area contributed by atoms with Crippen molar-refractivity contribution in [2.45, 2.75) is 57.1 Å². The van der Waals surface area contributed by atoms with Gasteiger partial charge in [-0.15, -0.1) is 0 Å². The van der Waals surface area contributed by atoms with Crippen molar-refractivity contribution in [3.8, 4) is 17.6 Å². The monoisotopic (exact) mass is 627 g/mol. The van der Waals surface area contributed by atoms with Crippen LogP contribution in [0.25, 0.3) is 0 Å². The number of rotatable bonds is 8. The third-order valence-corrected chi connectivity index (χ3v) is 9.35. The van der Waals surface area contributed by atoms with E-state index < -0.39 is 35.6 Å². The molecular formula is C30H31BrFN3O6. The molecule has 5 rings (SSSR count). The Morgan fingerprint density at radius 1 is 1.05 bits per heavy atom. The van der Waals surface area contributed by atoms with Crippen molar-refractivity contribution >= 4 is 39.4 Å². The highest BCUT2D eigenvalue weighted by Gasteiger charge is 2.51. The summed E-state index contributed by atoms with van der Waals surface area (Å²) in [5.41, 5.74) is 1.10. The largest absolute Gasteiger partial charge is 0.496 e. The first-order chi connectivity index (χ1) is 19.7.